The van der Waals surface area contributed by atoms with Crippen LogP contribution in [-0.4, -0.2) is 34.9 Å². The zero-order valence-electron chi connectivity index (χ0n) is 10.6. The van der Waals surface area contributed by atoms with E-state index < -0.39 is 0 Å². The third-order valence-electron chi connectivity index (χ3n) is 2.60. The van der Waals surface area contributed by atoms with Crippen LogP contribution in [0.2, 0.25) is 0 Å². The highest BCUT2D eigenvalue weighted by molar-refractivity contribution is 4.87. The minimum absolute atomic E-state index is 0.443. The summed E-state index contributed by atoms with van der Waals surface area (Å²) in [5.41, 5.74) is 0. The normalized spacial score (nSPS) is 13.3. The van der Waals surface area contributed by atoms with Crippen LogP contribution in [-0.2, 0) is 11.3 Å². The van der Waals surface area contributed by atoms with Crippen LogP contribution in [0.3, 0.4) is 0 Å². The number of methoxy groups -OCH3 is 1. The minimum Gasteiger partial charge on any atom is -0.385 e. The molecule has 16 heavy (non-hydrogen) atoms. The van der Waals surface area contributed by atoms with E-state index in [1.54, 1.807) is 7.11 Å². The molecule has 1 heterocycles. The summed E-state index contributed by atoms with van der Waals surface area (Å²) in [5.74, 6) is 2.26. The van der Waals surface area contributed by atoms with Crippen molar-refractivity contribution in [3.63, 3.8) is 0 Å². The summed E-state index contributed by atoms with van der Waals surface area (Å²) in [5, 5.41) is 10.4. The molecular weight excluding hydrogens is 204 g/mol. The van der Waals surface area contributed by atoms with Gasteiger partial charge in [-0.1, -0.05) is 13.8 Å². The highest BCUT2D eigenvalue weighted by Crippen LogP contribution is 2.06. The standard InChI is InChI=1S/C11H22N4O/c1-8(2)10(5-6-16-4)12-7-11-13-9(3)14-15-11/h8,10,12H,5-7H2,1-4H3,(H,13,14,15). The molecule has 1 aromatic heterocycles. The first-order valence-corrected chi connectivity index (χ1v) is 5.73. The number of H-pyrrole nitrogens is 1. The van der Waals surface area contributed by atoms with Crippen molar-refractivity contribution in [1.29, 1.82) is 0 Å². The van der Waals surface area contributed by atoms with Crippen LogP contribution >= 0.6 is 0 Å². The monoisotopic (exact) mass is 226 g/mol. The Labute approximate surface area is 97.0 Å². The number of nitrogens with one attached hydrogen (secondary N) is 2. The molecule has 92 valence electrons. The SMILES string of the molecule is COCCC(NCc1n[nH]c(C)n1)C(C)C. The third-order valence-corrected chi connectivity index (χ3v) is 2.60. The van der Waals surface area contributed by atoms with Gasteiger partial charge in [0.2, 0.25) is 0 Å². The van der Waals surface area contributed by atoms with Crippen LogP contribution in [0.15, 0.2) is 0 Å². The molecule has 0 saturated heterocycles. The van der Waals surface area contributed by atoms with Crippen molar-refractivity contribution in [1.82, 2.24) is 20.5 Å². The molecular formula is C11H22N4O. The molecule has 5 nitrogen and oxygen atoms in total. The first-order chi connectivity index (χ1) is 7.63. The highest BCUT2D eigenvalue weighted by Gasteiger charge is 2.13. The van der Waals surface area contributed by atoms with Crippen molar-refractivity contribution in [3.05, 3.63) is 11.6 Å². The number of ether oxygens (including phenoxy) is 1. The molecule has 0 aliphatic heterocycles. The van der Waals surface area contributed by atoms with E-state index in [4.69, 9.17) is 4.74 Å². The molecule has 0 spiro atoms. The second-order valence-corrected chi connectivity index (χ2v) is 4.35. The molecule has 0 amide bonds. The zero-order valence-corrected chi connectivity index (χ0v) is 10.6. The summed E-state index contributed by atoms with van der Waals surface area (Å²) >= 11 is 0. The number of hydrogen-bond acceptors (Lipinski definition) is 4. The average molecular weight is 226 g/mol. The molecule has 1 aromatic rings. The van der Waals surface area contributed by atoms with Crippen molar-refractivity contribution in [2.24, 2.45) is 5.92 Å². The number of nitrogens with zero attached hydrogens (tertiary/aromatic N) is 2. The van der Waals surface area contributed by atoms with Crippen LogP contribution < -0.4 is 5.32 Å². The van der Waals surface area contributed by atoms with E-state index in [1.165, 1.54) is 0 Å². The molecule has 0 saturated carbocycles. The van der Waals surface area contributed by atoms with E-state index in [-0.39, 0.29) is 0 Å². The van der Waals surface area contributed by atoms with Crippen molar-refractivity contribution >= 4 is 0 Å². The fraction of sp³-hybridized carbons (Fsp3) is 0.818. The zero-order chi connectivity index (χ0) is 12.0. The molecule has 0 fully saturated rings. The third kappa shape index (κ3) is 4.28. The molecule has 1 atom stereocenters. The molecule has 0 aliphatic rings. The summed E-state index contributed by atoms with van der Waals surface area (Å²) in [4.78, 5) is 4.26. The van der Waals surface area contributed by atoms with E-state index in [0.717, 1.165) is 24.7 Å². The second kappa shape index (κ2) is 6.60. The Hall–Kier alpha value is -0.940. The Bertz CT molecular complexity index is 298. The minimum atomic E-state index is 0.443. The molecule has 0 bridgehead atoms. The van der Waals surface area contributed by atoms with Gasteiger partial charge in [0, 0.05) is 19.8 Å². The van der Waals surface area contributed by atoms with Crippen molar-refractivity contribution < 1.29 is 4.74 Å². The number of aromatic nitrogens is 3. The van der Waals surface area contributed by atoms with E-state index in [1.807, 2.05) is 6.92 Å². The Morgan fingerprint density at radius 2 is 2.19 bits per heavy atom. The maximum absolute atomic E-state index is 5.10. The van der Waals surface area contributed by atoms with Crippen LogP contribution in [0.5, 0.6) is 0 Å². The fourth-order valence-electron chi connectivity index (χ4n) is 1.61. The topological polar surface area (TPSA) is 62.8 Å². The van der Waals surface area contributed by atoms with Crippen LogP contribution in [0, 0.1) is 12.8 Å². The molecule has 0 aromatic carbocycles. The number of rotatable bonds is 7. The summed E-state index contributed by atoms with van der Waals surface area (Å²) in [7, 11) is 1.73. The first kappa shape index (κ1) is 13.1. The quantitative estimate of drug-likeness (QED) is 0.735. The lowest BCUT2D eigenvalue weighted by atomic mass is 10.0. The average Bonchev–Trinajstić information content (AvgIpc) is 2.64. The molecule has 5 heteroatoms. The van der Waals surface area contributed by atoms with E-state index in [2.05, 4.69) is 34.3 Å². The second-order valence-electron chi connectivity index (χ2n) is 4.35. The van der Waals surface area contributed by atoms with Gasteiger partial charge < -0.3 is 10.1 Å². The van der Waals surface area contributed by atoms with Crippen LogP contribution in [0.1, 0.15) is 31.9 Å². The Balaban J connectivity index is 2.37. The lowest BCUT2D eigenvalue weighted by molar-refractivity contribution is 0.173. The van der Waals surface area contributed by atoms with Gasteiger partial charge in [0.15, 0.2) is 5.82 Å². The molecule has 0 radical (unpaired) electrons. The number of aryl methyl sites for hydroxylation is 1. The predicted octanol–water partition coefficient (Wildman–Crippen LogP) is 1.26. The lowest BCUT2D eigenvalue weighted by Crippen LogP contribution is -2.34. The summed E-state index contributed by atoms with van der Waals surface area (Å²) in [6.07, 6.45) is 1.01. The fourth-order valence-corrected chi connectivity index (χ4v) is 1.61. The maximum atomic E-state index is 5.10. The van der Waals surface area contributed by atoms with E-state index in [0.29, 0.717) is 18.5 Å². The lowest BCUT2D eigenvalue weighted by Gasteiger charge is -2.21. The predicted molar refractivity (Wildman–Crippen MR) is 63.1 cm³/mol. The Kier molecular flexibility index (Phi) is 5.42. The van der Waals surface area contributed by atoms with Gasteiger partial charge in [0.05, 0.1) is 6.54 Å². The van der Waals surface area contributed by atoms with Gasteiger partial charge in [-0.05, 0) is 19.3 Å². The smallest absolute Gasteiger partial charge is 0.164 e. The van der Waals surface area contributed by atoms with Crippen molar-refractivity contribution in [2.75, 3.05) is 13.7 Å². The van der Waals surface area contributed by atoms with Crippen molar-refractivity contribution in [3.8, 4) is 0 Å². The van der Waals surface area contributed by atoms with Gasteiger partial charge >= 0.3 is 0 Å². The largest absolute Gasteiger partial charge is 0.385 e. The number of hydrogen-bond donors (Lipinski definition) is 2. The van der Waals surface area contributed by atoms with Gasteiger partial charge in [0.25, 0.3) is 0 Å². The van der Waals surface area contributed by atoms with Gasteiger partial charge in [-0.15, -0.1) is 0 Å². The molecule has 1 unspecified atom stereocenters. The highest BCUT2D eigenvalue weighted by atomic mass is 16.5. The van der Waals surface area contributed by atoms with Crippen LogP contribution in [0.25, 0.3) is 0 Å². The summed E-state index contributed by atoms with van der Waals surface area (Å²) in [6.45, 7) is 7.80. The summed E-state index contributed by atoms with van der Waals surface area (Å²) < 4.78 is 5.10. The van der Waals surface area contributed by atoms with E-state index >= 15 is 0 Å². The summed E-state index contributed by atoms with van der Waals surface area (Å²) in [6, 6.07) is 0.443. The molecule has 0 aliphatic carbocycles. The number of aromatic amines is 1. The van der Waals surface area contributed by atoms with E-state index in [9.17, 15) is 0 Å². The van der Waals surface area contributed by atoms with Gasteiger partial charge in [-0.25, -0.2) is 4.98 Å². The Morgan fingerprint density at radius 1 is 1.44 bits per heavy atom. The van der Waals surface area contributed by atoms with Gasteiger partial charge in [-0.2, -0.15) is 5.10 Å². The van der Waals surface area contributed by atoms with Gasteiger partial charge in [0.1, 0.15) is 5.82 Å². The first-order valence-electron chi connectivity index (χ1n) is 5.73. The maximum Gasteiger partial charge on any atom is 0.164 e. The molecule has 2 N–H and O–H groups in total. The Morgan fingerprint density at radius 3 is 2.69 bits per heavy atom. The van der Waals surface area contributed by atoms with Gasteiger partial charge in [-0.3, -0.25) is 5.10 Å². The molecule has 1 rings (SSSR count). The van der Waals surface area contributed by atoms with Crippen molar-refractivity contribution in [2.45, 2.75) is 39.8 Å². The van der Waals surface area contributed by atoms with Crippen LogP contribution in [0.4, 0.5) is 0 Å².